The Bertz CT molecular complexity index is 542. The molecule has 4 heteroatoms. The molecular weight excluding hydrogens is 228 g/mol. The van der Waals surface area contributed by atoms with E-state index in [0.29, 0.717) is 0 Å². The number of nitrogens with zero attached hydrogens (tertiary/aromatic N) is 2. The maximum Gasteiger partial charge on any atom is 0.132 e. The van der Waals surface area contributed by atoms with Crippen LogP contribution >= 0.6 is 0 Å². The van der Waals surface area contributed by atoms with Crippen molar-refractivity contribution in [3.63, 3.8) is 0 Å². The summed E-state index contributed by atoms with van der Waals surface area (Å²) in [6.07, 6.45) is 3.34. The zero-order valence-corrected chi connectivity index (χ0v) is 11.0. The Morgan fingerprint density at radius 1 is 0.889 bits per heavy atom. The summed E-state index contributed by atoms with van der Waals surface area (Å²) in [6, 6.07) is 3.93. The van der Waals surface area contributed by atoms with Gasteiger partial charge in [-0.2, -0.15) is 0 Å². The summed E-state index contributed by atoms with van der Waals surface area (Å²) in [7, 11) is 3.28. The Balaban J connectivity index is 2.73. The number of aromatic nitrogens is 2. The van der Waals surface area contributed by atoms with Crippen molar-refractivity contribution in [2.24, 2.45) is 0 Å². The lowest BCUT2D eigenvalue weighted by atomic mass is 10.0. The van der Waals surface area contributed by atoms with Crippen LogP contribution < -0.4 is 9.47 Å². The molecule has 0 saturated heterocycles. The van der Waals surface area contributed by atoms with Crippen molar-refractivity contribution in [2.45, 2.75) is 13.8 Å². The maximum absolute atomic E-state index is 5.43. The molecule has 0 atom stereocenters. The molecule has 0 N–H and O–H groups in total. The van der Waals surface area contributed by atoms with Gasteiger partial charge in [-0.05, 0) is 31.5 Å². The standard InChI is InChI=1S/C14H16N2O2/c1-9-7-11(17-3)13(12(8-9)18-4)14-10(2)15-5-6-16-14/h5-8H,1-4H3. The van der Waals surface area contributed by atoms with Gasteiger partial charge in [0.15, 0.2) is 0 Å². The monoisotopic (exact) mass is 244 g/mol. The first kappa shape index (κ1) is 12.4. The molecule has 0 spiro atoms. The fraction of sp³-hybridized carbons (Fsp3) is 0.286. The van der Waals surface area contributed by atoms with Crippen LogP contribution in [0.25, 0.3) is 11.3 Å². The molecule has 0 amide bonds. The van der Waals surface area contributed by atoms with Crippen LogP contribution in [0, 0.1) is 13.8 Å². The van der Waals surface area contributed by atoms with Gasteiger partial charge in [0.2, 0.25) is 0 Å². The average Bonchev–Trinajstić information content (AvgIpc) is 2.38. The maximum atomic E-state index is 5.43. The highest BCUT2D eigenvalue weighted by molar-refractivity contribution is 5.76. The van der Waals surface area contributed by atoms with Gasteiger partial charge in [-0.1, -0.05) is 0 Å². The Morgan fingerprint density at radius 2 is 1.44 bits per heavy atom. The number of ether oxygens (including phenoxy) is 2. The van der Waals surface area contributed by atoms with Crippen molar-refractivity contribution in [3.8, 4) is 22.8 Å². The fourth-order valence-corrected chi connectivity index (χ4v) is 1.93. The molecule has 0 radical (unpaired) electrons. The summed E-state index contributed by atoms with van der Waals surface area (Å²) >= 11 is 0. The molecule has 0 bridgehead atoms. The molecule has 0 aliphatic carbocycles. The van der Waals surface area contributed by atoms with Crippen molar-refractivity contribution < 1.29 is 9.47 Å². The number of hydrogen-bond donors (Lipinski definition) is 0. The van der Waals surface area contributed by atoms with Crippen molar-refractivity contribution in [1.82, 2.24) is 9.97 Å². The van der Waals surface area contributed by atoms with Crippen LogP contribution in [0.2, 0.25) is 0 Å². The van der Waals surface area contributed by atoms with Crippen molar-refractivity contribution in [3.05, 3.63) is 35.8 Å². The minimum absolute atomic E-state index is 0.746. The number of methoxy groups -OCH3 is 2. The predicted molar refractivity (Wildman–Crippen MR) is 70.0 cm³/mol. The van der Waals surface area contributed by atoms with E-state index >= 15 is 0 Å². The first-order chi connectivity index (χ1) is 8.67. The van der Waals surface area contributed by atoms with Crippen molar-refractivity contribution in [2.75, 3.05) is 14.2 Å². The third kappa shape index (κ3) is 2.14. The van der Waals surface area contributed by atoms with Gasteiger partial charge in [-0.25, -0.2) is 0 Å². The Morgan fingerprint density at radius 3 is 1.94 bits per heavy atom. The van der Waals surface area contributed by atoms with Crippen LogP contribution in [-0.2, 0) is 0 Å². The predicted octanol–water partition coefficient (Wildman–Crippen LogP) is 2.78. The van der Waals surface area contributed by atoms with Crippen molar-refractivity contribution >= 4 is 0 Å². The second-order valence-corrected chi connectivity index (χ2v) is 4.03. The molecule has 0 aliphatic heterocycles. The molecule has 0 aliphatic rings. The van der Waals surface area contributed by atoms with E-state index in [0.717, 1.165) is 34.0 Å². The Hall–Kier alpha value is -2.10. The average molecular weight is 244 g/mol. The number of hydrogen-bond acceptors (Lipinski definition) is 4. The lowest BCUT2D eigenvalue weighted by molar-refractivity contribution is 0.396. The third-order valence-corrected chi connectivity index (χ3v) is 2.77. The minimum Gasteiger partial charge on any atom is -0.496 e. The van der Waals surface area contributed by atoms with Gasteiger partial charge in [0.1, 0.15) is 11.5 Å². The van der Waals surface area contributed by atoms with Gasteiger partial charge in [0, 0.05) is 12.4 Å². The van der Waals surface area contributed by atoms with E-state index in [9.17, 15) is 0 Å². The second-order valence-electron chi connectivity index (χ2n) is 4.03. The topological polar surface area (TPSA) is 44.2 Å². The van der Waals surface area contributed by atoms with Crippen LogP contribution in [0.5, 0.6) is 11.5 Å². The number of aryl methyl sites for hydroxylation is 2. The summed E-state index contributed by atoms with van der Waals surface area (Å²) in [5.41, 5.74) is 3.55. The van der Waals surface area contributed by atoms with E-state index in [1.165, 1.54) is 0 Å². The summed E-state index contributed by atoms with van der Waals surface area (Å²) in [5, 5.41) is 0. The quantitative estimate of drug-likeness (QED) is 0.832. The molecule has 94 valence electrons. The Labute approximate surface area is 107 Å². The Kier molecular flexibility index (Phi) is 3.46. The van der Waals surface area contributed by atoms with Crippen LogP contribution in [0.15, 0.2) is 24.5 Å². The van der Waals surface area contributed by atoms with E-state index in [1.54, 1.807) is 26.6 Å². The first-order valence-electron chi connectivity index (χ1n) is 5.68. The van der Waals surface area contributed by atoms with Crippen LogP contribution in [0.4, 0.5) is 0 Å². The van der Waals surface area contributed by atoms with Gasteiger partial charge in [0.25, 0.3) is 0 Å². The molecule has 0 fully saturated rings. The molecular formula is C14H16N2O2. The largest absolute Gasteiger partial charge is 0.496 e. The fourth-order valence-electron chi connectivity index (χ4n) is 1.93. The van der Waals surface area contributed by atoms with Gasteiger partial charge in [-0.3, -0.25) is 9.97 Å². The van der Waals surface area contributed by atoms with Gasteiger partial charge >= 0.3 is 0 Å². The van der Waals surface area contributed by atoms with Crippen LogP contribution in [-0.4, -0.2) is 24.2 Å². The molecule has 2 aromatic rings. The van der Waals surface area contributed by atoms with Crippen LogP contribution in [0.3, 0.4) is 0 Å². The zero-order chi connectivity index (χ0) is 13.1. The molecule has 0 saturated carbocycles. The normalized spacial score (nSPS) is 10.2. The molecule has 4 nitrogen and oxygen atoms in total. The third-order valence-electron chi connectivity index (χ3n) is 2.77. The highest BCUT2D eigenvalue weighted by atomic mass is 16.5. The van der Waals surface area contributed by atoms with E-state index in [2.05, 4.69) is 9.97 Å². The summed E-state index contributed by atoms with van der Waals surface area (Å²) in [4.78, 5) is 8.63. The summed E-state index contributed by atoms with van der Waals surface area (Å²) < 4.78 is 10.9. The lowest BCUT2D eigenvalue weighted by Gasteiger charge is -2.14. The highest BCUT2D eigenvalue weighted by Crippen LogP contribution is 2.39. The SMILES string of the molecule is COc1cc(C)cc(OC)c1-c1nccnc1C. The zero-order valence-electron chi connectivity index (χ0n) is 11.0. The second kappa shape index (κ2) is 5.04. The van der Waals surface area contributed by atoms with Crippen molar-refractivity contribution in [1.29, 1.82) is 0 Å². The van der Waals surface area contributed by atoms with E-state index in [4.69, 9.17) is 9.47 Å². The summed E-state index contributed by atoms with van der Waals surface area (Å²) in [5.74, 6) is 1.49. The lowest BCUT2D eigenvalue weighted by Crippen LogP contribution is -1.98. The highest BCUT2D eigenvalue weighted by Gasteiger charge is 2.16. The molecule has 1 heterocycles. The molecule has 1 aromatic carbocycles. The van der Waals surface area contributed by atoms with Gasteiger partial charge in [-0.15, -0.1) is 0 Å². The van der Waals surface area contributed by atoms with Gasteiger partial charge in [0.05, 0.1) is 31.2 Å². The van der Waals surface area contributed by atoms with E-state index in [-0.39, 0.29) is 0 Å². The summed E-state index contributed by atoms with van der Waals surface area (Å²) in [6.45, 7) is 3.92. The first-order valence-corrected chi connectivity index (χ1v) is 5.68. The number of benzene rings is 1. The molecule has 18 heavy (non-hydrogen) atoms. The molecule has 1 aromatic heterocycles. The van der Waals surface area contributed by atoms with Crippen LogP contribution in [0.1, 0.15) is 11.3 Å². The minimum atomic E-state index is 0.746. The smallest absolute Gasteiger partial charge is 0.132 e. The number of rotatable bonds is 3. The molecule has 0 unspecified atom stereocenters. The molecule has 2 rings (SSSR count). The van der Waals surface area contributed by atoms with E-state index < -0.39 is 0 Å². The van der Waals surface area contributed by atoms with E-state index in [1.807, 2.05) is 26.0 Å². The van der Waals surface area contributed by atoms with Gasteiger partial charge < -0.3 is 9.47 Å².